The fraction of sp³-hybridized carbons (Fsp3) is 0.400. The minimum absolute atomic E-state index is 0.324. The second-order valence-corrected chi connectivity index (χ2v) is 3.16. The number of hydrazone groups is 1. The molecule has 12 heavy (non-hydrogen) atoms. The molecule has 2 N–H and O–H groups in total. The van der Waals surface area contributed by atoms with Crippen LogP contribution in [0.25, 0.3) is 0 Å². The van der Waals surface area contributed by atoms with Gasteiger partial charge in [-0.25, -0.2) is 0 Å². The van der Waals surface area contributed by atoms with Gasteiger partial charge in [-0.05, 0) is 0 Å². The van der Waals surface area contributed by atoms with Gasteiger partial charge in [0.1, 0.15) is 5.82 Å². The molecule has 0 saturated heterocycles. The Labute approximate surface area is 86.1 Å². The molecule has 4 nitrogen and oxygen atoms in total. The normalized spacial score (nSPS) is 16.4. The maximum Gasteiger partial charge on any atom is 0.156 e. The van der Waals surface area contributed by atoms with Crippen LogP contribution >= 0.6 is 36.0 Å². The molecule has 0 atom stereocenters. The van der Waals surface area contributed by atoms with Gasteiger partial charge in [-0.3, -0.25) is 5.43 Å². The Hall–Kier alpha value is -0.260. The number of allylic oxidation sites excluding steroid dienone is 1. The zero-order chi connectivity index (χ0) is 8.97. The van der Waals surface area contributed by atoms with E-state index in [0.29, 0.717) is 11.0 Å². The average Bonchev–Trinajstić information content (AvgIpc) is 1.99. The van der Waals surface area contributed by atoms with Crippen molar-refractivity contribution in [2.75, 3.05) is 12.3 Å². The van der Waals surface area contributed by atoms with Crippen molar-refractivity contribution in [2.45, 2.75) is 0 Å². The first kappa shape index (κ1) is 9.83. The van der Waals surface area contributed by atoms with Crippen LogP contribution in [0.4, 0.5) is 0 Å². The molecule has 0 radical (unpaired) electrons. The third-order valence-corrected chi connectivity index (χ3v) is 1.66. The van der Waals surface area contributed by atoms with Crippen molar-refractivity contribution in [3.8, 4) is 0 Å². The van der Waals surface area contributed by atoms with Gasteiger partial charge in [-0.2, -0.15) is 12.6 Å². The summed E-state index contributed by atoms with van der Waals surface area (Å²) in [6, 6.07) is 0. The fourth-order valence-electron chi connectivity index (χ4n) is 0.670. The molecule has 0 aliphatic carbocycles. The van der Waals surface area contributed by atoms with Crippen LogP contribution in [-0.2, 0) is 0 Å². The Morgan fingerprint density at radius 3 is 3.08 bits per heavy atom. The lowest BCUT2D eigenvalue weighted by molar-refractivity contribution is 0.378. The van der Waals surface area contributed by atoms with Gasteiger partial charge in [0, 0.05) is 18.4 Å². The van der Waals surface area contributed by atoms with Crippen LogP contribution in [0.5, 0.6) is 0 Å². The standard InChI is InChI=1S/C5H8Cl2N4S/c6-4-3-5(8-1-2-12)10-11(7)9-4/h3,8,10,12H,1-2H2. The van der Waals surface area contributed by atoms with E-state index in [2.05, 4.69) is 28.5 Å². The minimum Gasteiger partial charge on any atom is -0.370 e. The summed E-state index contributed by atoms with van der Waals surface area (Å²) in [4.78, 5) is 0. The summed E-state index contributed by atoms with van der Waals surface area (Å²) in [5.74, 6) is 1.44. The molecule has 0 fully saturated rings. The van der Waals surface area contributed by atoms with Crippen molar-refractivity contribution < 1.29 is 0 Å². The van der Waals surface area contributed by atoms with Gasteiger partial charge in [-0.1, -0.05) is 11.6 Å². The highest BCUT2D eigenvalue weighted by Crippen LogP contribution is 2.04. The molecule has 0 unspecified atom stereocenters. The average molecular weight is 227 g/mol. The van der Waals surface area contributed by atoms with Gasteiger partial charge in [0.15, 0.2) is 5.17 Å². The van der Waals surface area contributed by atoms with E-state index in [4.69, 9.17) is 23.4 Å². The molecule has 0 saturated carbocycles. The quantitative estimate of drug-likeness (QED) is 0.495. The number of rotatable bonds is 3. The lowest BCUT2D eigenvalue weighted by atomic mass is 10.5. The van der Waals surface area contributed by atoms with Gasteiger partial charge in [0.2, 0.25) is 0 Å². The second kappa shape index (κ2) is 4.69. The lowest BCUT2D eigenvalue weighted by Gasteiger charge is -2.19. The first-order valence-corrected chi connectivity index (χ1v) is 4.60. The third kappa shape index (κ3) is 3.00. The van der Waals surface area contributed by atoms with Crippen LogP contribution < -0.4 is 10.7 Å². The third-order valence-electron chi connectivity index (χ3n) is 1.09. The molecule has 7 heteroatoms. The molecule has 1 heterocycles. The van der Waals surface area contributed by atoms with Crippen LogP contribution in [0.15, 0.2) is 17.0 Å². The van der Waals surface area contributed by atoms with E-state index < -0.39 is 0 Å². The molecule has 0 spiro atoms. The Kier molecular flexibility index (Phi) is 3.84. The molecular formula is C5H8Cl2N4S. The largest absolute Gasteiger partial charge is 0.370 e. The summed E-state index contributed by atoms with van der Waals surface area (Å²) in [5.41, 5.74) is 2.72. The number of hydrogen-bond acceptors (Lipinski definition) is 5. The van der Waals surface area contributed by atoms with Crippen molar-refractivity contribution in [1.82, 2.24) is 15.4 Å². The Bertz CT molecular complexity index is 217. The van der Waals surface area contributed by atoms with Crippen molar-refractivity contribution in [1.29, 1.82) is 0 Å². The van der Waals surface area contributed by atoms with E-state index in [1.807, 2.05) is 0 Å². The van der Waals surface area contributed by atoms with E-state index in [0.717, 1.165) is 16.9 Å². The van der Waals surface area contributed by atoms with Crippen LogP contribution in [0.1, 0.15) is 0 Å². The summed E-state index contributed by atoms with van der Waals surface area (Å²) in [7, 11) is 0. The van der Waals surface area contributed by atoms with Crippen LogP contribution in [0.2, 0.25) is 0 Å². The van der Waals surface area contributed by atoms with E-state index in [1.165, 1.54) is 0 Å². The number of hydrogen-bond donors (Lipinski definition) is 3. The summed E-state index contributed by atoms with van der Waals surface area (Å²) in [6.07, 6.45) is 1.64. The van der Waals surface area contributed by atoms with Gasteiger partial charge in [0.05, 0.1) is 11.8 Å². The van der Waals surface area contributed by atoms with Crippen molar-refractivity contribution in [2.24, 2.45) is 5.10 Å². The molecule has 1 aliphatic heterocycles. The summed E-state index contributed by atoms with van der Waals surface area (Å²) < 4.78 is 1.02. The maximum atomic E-state index is 5.63. The summed E-state index contributed by atoms with van der Waals surface area (Å²) >= 11 is 15.2. The molecule has 68 valence electrons. The molecule has 0 aromatic rings. The maximum absolute atomic E-state index is 5.63. The van der Waals surface area contributed by atoms with Crippen molar-refractivity contribution in [3.05, 3.63) is 11.9 Å². The molecule has 0 aromatic carbocycles. The zero-order valence-corrected chi connectivity index (χ0v) is 8.50. The number of hydrazine groups is 1. The first-order valence-electron chi connectivity index (χ1n) is 3.25. The summed E-state index contributed by atoms with van der Waals surface area (Å²) in [5, 5.41) is 7.01. The zero-order valence-electron chi connectivity index (χ0n) is 6.09. The number of nitrogens with one attached hydrogen (secondary N) is 2. The van der Waals surface area contributed by atoms with E-state index in [-0.39, 0.29) is 0 Å². The smallest absolute Gasteiger partial charge is 0.156 e. The highest BCUT2D eigenvalue weighted by Gasteiger charge is 2.07. The SMILES string of the molecule is SCCNC1=CC(Cl)=NN(Cl)N1. The Balaban J connectivity index is 2.49. The Morgan fingerprint density at radius 2 is 2.50 bits per heavy atom. The predicted octanol–water partition coefficient (Wildman–Crippen LogP) is 0.873. The number of nitrogens with zero attached hydrogens (tertiary/aromatic N) is 2. The van der Waals surface area contributed by atoms with Crippen LogP contribution in [0, 0.1) is 0 Å². The molecule has 0 aromatic heterocycles. The van der Waals surface area contributed by atoms with Crippen LogP contribution in [-0.4, -0.2) is 22.1 Å². The van der Waals surface area contributed by atoms with Gasteiger partial charge in [-0.15, -0.1) is 9.74 Å². The van der Waals surface area contributed by atoms with Gasteiger partial charge in [0.25, 0.3) is 0 Å². The number of thiol groups is 1. The van der Waals surface area contributed by atoms with E-state index in [1.54, 1.807) is 6.08 Å². The van der Waals surface area contributed by atoms with Gasteiger partial charge >= 0.3 is 0 Å². The topological polar surface area (TPSA) is 39.7 Å². The first-order chi connectivity index (χ1) is 5.72. The van der Waals surface area contributed by atoms with E-state index in [9.17, 15) is 0 Å². The van der Waals surface area contributed by atoms with Crippen LogP contribution in [0.3, 0.4) is 0 Å². The lowest BCUT2D eigenvalue weighted by Crippen LogP contribution is -2.36. The highest BCUT2D eigenvalue weighted by molar-refractivity contribution is 7.80. The second-order valence-electron chi connectivity index (χ2n) is 2.00. The molecule has 0 bridgehead atoms. The van der Waals surface area contributed by atoms with Crippen molar-refractivity contribution in [3.63, 3.8) is 0 Å². The molecule has 1 rings (SSSR count). The summed E-state index contributed by atoms with van der Waals surface area (Å²) in [6.45, 7) is 0.733. The number of halogens is 2. The Morgan fingerprint density at radius 1 is 1.75 bits per heavy atom. The highest BCUT2D eigenvalue weighted by atomic mass is 35.5. The van der Waals surface area contributed by atoms with Crippen molar-refractivity contribution >= 4 is 41.2 Å². The monoisotopic (exact) mass is 226 g/mol. The predicted molar refractivity (Wildman–Crippen MR) is 54.1 cm³/mol. The molecular weight excluding hydrogens is 219 g/mol. The van der Waals surface area contributed by atoms with Gasteiger partial charge < -0.3 is 5.32 Å². The molecule has 0 amide bonds. The van der Waals surface area contributed by atoms with E-state index >= 15 is 0 Å². The molecule has 1 aliphatic rings. The fourth-order valence-corrected chi connectivity index (χ4v) is 1.18. The minimum atomic E-state index is 0.324.